The van der Waals surface area contributed by atoms with Gasteiger partial charge >= 0.3 is 0 Å². The fourth-order valence-electron chi connectivity index (χ4n) is 0.758. The van der Waals surface area contributed by atoms with Crippen LogP contribution < -0.4 is 0 Å². The molecule has 3 heteroatoms. The summed E-state index contributed by atoms with van der Waals surface area (Å²) in [7, 11) is -2.19. The minimum Gasteiger partial charge on any atom is -0.299 e. The molecule has 2 nitrogen and oxygen atoms in total. The van der Waals surface area contributed by atoms with E-state index in [0.29, 0.717) is 11.5 Å². The van der Waals surface area contributed by atoms with E-state index in [1.54, 1.807) is 0 Å². The van der Waals surface area contributed by atoms with Crippen LogP contribution in [-0.2, 0) is 0 Å². The molecule has 0 fully saturated rings. The van der Waals surface area contributed by atoms with Crippen LogP contribution in [0.4, 0.5) is 0 Å². The standard InChI is InChI=1S/C5H10O2S/c1-5-2-3-8(6,7)4-5/h2,6-7H,3-4H2,1H3. The summed E-state index contributed by atoms with van der Waals surface area (Å²) >= 11 is 0. The molecule has 0 atom stereocenters. The average molecular weight is 134 g/mol. The smallest absolute Gasteiger partial charge is 0.0585 e. The van der Waals surface area contributed by atoms with Crippen LogP contribution in [0, 0.1) is 0 Å². The summed E-state index contributed by atoms with van der Waals surface area (Å²) in [5.74, 6) is 0.964. The van der Waals surface area contributed by atoms with Gasteiger partial charge in [-0.05, 0) is 6.92 Å². The van der Waals surface area contributed by atoms with Crippen molar-refractivity contribution in [3.8, 4) is 0 Å². The van der Waals surface area contributed by atoms with Crippen LogP contribution in [0.1, 0.15) is 6.92 Å². The zero-order chi connectivity index (χ0) is 6.20. The molecular formula is C5H10O2S. The Balaban J connectivity index is 2.55. The molecule has 1 aliphatic heterocycles. The molecule has 0 aromatic heterocycles. The van der Waals surface area contributed by atoms with Gasteiger partial charge in [-0.25, -0.2) is 0 Å². The number of rotatable bonds is 0. The van der Waals surface area contributed by atoms with Gasteiger partial charge in [-0.2, -0.15) is 10.6 Å². The summed E-state index contributed by atoms with van der Waals surface area (Å²) in [6.45, 7) is 1.92. The minimum absolute atomic E-state index is 0.471. The van der Waals surface area contributed by atoms with Crippen molar-refractivity contribution < 1.29 is 9.11 Å². The Morgan fingerprint density at radius 3 is 2.38 bits per heavy atom. The fraction of sp³-hybridized carbons (Fsp3) is 0.600. The van der Waals surface area contributed by atoms with Gasteiger partial charge in [0.05, 0.1) is 11.5 Å². The normalized spacial score (nSPS) is 29.6. The van der Waals surface area contributed by atoms with Gasteiger partial charge in [0.15, 0.2) is 0 Å². The molecule has 0 unspecified atom stereocenters. The zero-order valence-electron chi connectivity index (χ0n) is 4.79. The van der Waals surface area contributed by atoms with Crippen LogP contribution in [0.5, 0.6) is 0 Å². The Morgan fingerprint density at radius 1 is 1.62 bits per heavy atom. The molecular weight excluding hydrogens is 124 g/mol. The van der Waals surface area contributed by atoms with Gasteiger partial charge in [-0.15, -0.1) is 0 Å². The lowest BCUT2D eigenvalue weighted by Crippen LogP contribution is -1.98. The van der Waals surface area contributed by atoms with Crippen molar-refractivity contribution in [2.75, 3.05) is 11.5 Å². The van der Waals surface area contributed by atoms with Crippen molar-refractivity contribution in [2.24, 2.45) is 0 Å². The average Bonchev–Trinajstić information content (AvgIpc) is 1.82. The highest BCUT2D eigenvalue weighted by atomic mass is 32.3. The predicted octanol–water partition coefficient (Wildman–Crippen LogP) is 1.70. The molecule has 0 spiro atoms. The largest absolute Gasteiger partial charge is 0.299 e. The Kier molecular flexibility index (Phi) is 1.35. The molecule has 2 N–H and O–H groups in total. The van der Waals surface area contributed by atoms with E-state index in [2.05, 4.69) is 0 Å². The van der Waals surface area contributed by atoms with Gasteiger partial charge in [0.25, 0.3) is 0 Å². The molecule has 1 aliphatic rings. The van der Waals surface area contributed by atoms with Crippen molar-refractivity contribution in [2.45, 2.75) is 6.92 Å². The Hall–Kier alpha value is 0.01000. The number of hydrogen-bond acceptors (Lipinski definition) is 2. The lowest BCUT2D eigenvalue weighted by molar-refractivity contribution is 0.496. The van der Waals surface area contributed by atoms with Crippen molar-refractivity contribution in [3.05, 3.63) is 11.6 Å². The van der Waals surface area contributed by atoms with Crippen LogP contribution in [-0.4, -0.2) is 20.6 Å². The van der Waals surface area contributed by atoms with E-state index in [9.17, 15) is 0 Å². The minimum atomic E-state index is -2.19. The third-order valence-corrected chi connectivity index (χ3v) is 2.78. The van der Waals surface area contributed by atoms with Crippen molar-refractivity contribution in [1.29, 1.82) is 0 Å². The molecule has 0 aromatic carbocycles. The van der Waals surface area contributed by atoms with E-state index in [4.69, 9.17) is 9.11 Å². The van der Waals surface area contributed by atoms with Crippen LogP contribution in [0.15, 0.2) is 11.6 Å². The maximum Gasteiger partial charge on any atom is 0.0585 e. The maximum atomic E-state index is 8.95. The lowest BCUT2D eigenvalue weighted by atomic mass is 10.3. The van der Waals surface area contributed by atoms with Gasteiger partial charge in [0.2, 0.25) is 0 Å². The summed E-state index contributed by atoms with van der Waals surface area (Å²) in [6, 6.07) is 0. The van der Waals surface area contributed by atoms with Crippen LogP contribution in [0.25, 0.3) is 0 Å². The quantitative estimate of drug-likeness (QED) is 0.495. The first-order valence-electron chi connectivity index (χ1n) is 2.49. The molecule has 0 saturated heterocycles. The third-order valence-electron chi connectivity index (χ3n) is 1.16. The Morgan fingerprint density at radius 2 is 2.25 bits per heavy atom. The van der Waals surface area contributed by atoms with E-state index in [0.717, 1.165) is 5.57 Å². The highest BCUT2D eigenvalue weighted by Crippen LogP contribution is 2.44. The molecule has 1 rings (SSSR count). The molecule has 0 radical (unpaired) electrons. The third kappa shape index (κ3) is 1.24. The Labute approximate surface area is 50.6 Å². The van der Waals surface area contributed by atoms with Gasteiger partial charge in [-0.3, -0.25) is 9.11 Å². The van der Waals surface area contributed by atoms with E-state index in [1.807, 2.05) is 13.0 Å². The second-order valence-electron chi connectivity index (χ2n) is 2.16. The summed E-state index contributed by atoms with van der Waals surface area (Å²) in [4.78, 5) is 0. The van der Waals surface area contributed by atoms with Crippen molar-refractivity contribution in [1.82, 2.24) is 0 Å². The van der Waals surface area contributed by atoms with Crippen molar-refractivity contribution in [3.63, 3.8) is 0 Å². The summed E-state index contributed by atoms with van der Waals surface area (Å²) in [6.07, 6.45) is 1.88. The SMILES string of the molecule is CC1=CCS(O)(O)C1. The fourth-order valence-corrected chi connectivity index (χ4v) is 2.27. The summed E-state index contributed by atoms with van der Waals surface area (Å²) < 4.78 is 17.9. The number of hydrogen-bond donors (Lipinski definition) is 2. The topological polar surface area (TPSA) is 40.5 Å². The van der Waals surface area contributed by atoms with Gasteiger partial charge in [-0.1, -0.05) is 11.6 Å². The summed E-state index contributed by atoms with van der Waals surface area (Å²) in [5.41, 5.74) is 1.10. The highest BCUT2D eigenvalue weighted by Gasteiger charge is 2.16. The van der Waals surface area contributed by atoms with Gasteiger partial charge in [0.1, 0.15) is 0 Å². The molecule has 48 valence electrons. The summed E-state index contributed by atoms with van der Waals surface area (Å²) in [5, 5.41) is 0. The van der Waals surface area contributed by atoms with E-state index in [1.165, 1.54) is 0 Å². The predicted molar refractivity (Wildman–Crippen MR) is 36.3 cm³/mol. The molecule has 8 heavy (non-hydrogen) atoms. The van der Waals surface area contributed by atoms with Crippen LogP contribution >= 0.6 is 10.6 Å². The lowest BCUT2D eigenvalue weighted by Gasteiger charge is -2.25. The molecule has 1 heterocycles. The van der Waals surface area contributed by atoms with E-state index in [-0.39, 0.29) is 0 Å². The van der Waals surface area contributed by atoms with Crippen molar-refractivity contribution >= 4 is 10.6 Å². The molecule has 0 aliphatic carbocycles. The zero-order valence-corrected chi connectivity index (χ0v) is 5.61. The molecule has 0 amide bonds. The van der Waals surface area contributed by atoms with E-state index >= 15 is 0 Å². The molecule has 0 saturated carbocycles. The van der Waals surface area contributed by atoms with Gasteiger partial charge in [0, 0.05) is 0 Å². The first-order valence-corrected chi connectivity index (χ1v) is 4.38. The Bertz CT molecular complexity index is 128. The second kappa shape index (κ2) is 1.76. The van der Waals surface area contributed by atoms with Crippen LogP contribution in [0.2, 0.25) is 0 Å². The first kappa shape index (κ1) is 6.13. The first-order chi connectivity index (χ1) is 3.60. The van der Waals surface area contributed by atoms with Crippen LogP contribution in [0.3, 0.4) is 0 Å². The highest BCUT2D eigenvalue weighted by molar-refractivity contribution is 8.24. The molecule has 0 aromatic rings. The molecule has 0 bridgehead atoms. The second-order valence-corrected chi connectivity index (χ2v) is 4.39. The van der Waals surface area contributed by atoms with Gasteiger partial charge < -0.3 is 0 Å². The maximum absolute atomic E-state index is 8.95. The monoisotopic (exact) mass is 134 g/mol. The van der Waals surface area contributed by atoms with E-state index < -0.39 is 10.6 Å².